The molecule has 62 heavy (non-hydrogen) atoms. The number of anilines is 3. The van der Waals surface area contributed by atoms with E-state index >= 15 is 8.78 Å². The molecule has 15 nitrogen and oxygen atoms in total. The summed E-state index contributed by atoms with van der Waals surface area (Å²) in [6, 6.07) is 6.74. The van der Waals surface area contributed by atoms with Gasteiger partial charge in [-0.25, -0.2) is 38.1 Å². The number of hydrogen-bond acceptors (Lipinski definition) is 14. The summed E-state index contributed by atoms with van der Waals surface area (Å²) in [5.74, 6) is -1.92. The van der Waals surface area contributed by atoms with Crippen molar-refractivity contribution in [1.82, 2.24) is 15.0 Å². The minimum Gasteiger partial charge on any atom is -0.489 e. The number of thiophene rings is 1. The van der Waals surface area contributed by atoms with Crippen LogP contribution in [0, 0.1) is 23.0 Å². The highest BCUT2D eigenvalue weighted by Gasteiger charge is 2.39. The van der Waals surface area contributed by atoms with E-state index in [2.05, 4.69) is 20.3 Å². The quantitative estimate of drug-likeness (QED) is 0.125. The van der Waals surface area contributed by atoms with E-state index in [9.17, 15) is 23.9 Å². The van der Waals surface area contributed by atoms with Gasteiger partial charge in [-0.3, -0.25) is 9.53 Å². The number of rotatable bonds is 6. The maximum Gasteiger partial charge on any atom is 0.425 e. The van der Waals surface area contributed by atoms with E-state index in [1.807, 2.05) is 6.07 Å². The summed E-state index contributed by atoms with van der Waals surface area (Å²) in [4.78, 5) is 56.1. The second kappa shape index (κ2) is 16.9. The predicted molar refractivity (Wildman–Crippen MR) is 233 cm³/mol. The third kappa shape index (κ3) is 9.22. The Balaban J connectivity index is 1.57. The van der Waals surface area contributed by atoms with Gasteiger partial charge in [-0.05, 0) is 86.9 Å². The summed E-state index contributed by atoms with van der Waals surface area (Å²) < 4.78 is 69.0. The van der Waals surface area contributed by atoms with Crippen LogP contribution < -0.4 is 19.9 Å². The summed E-state index contributed by atoms with van der Waals surface area (Å²) in [6.45, 7) is 16.5. The maximum absolute atomic E-state index is 17.5. The number of fused-ring (bicyclic) bond motifs is 1. The fourth-order valence-corrected chi connectivity index (χ4v) is 8.43. The second-order valence-corrected chi connectivity index (χ2v) is 19.8. The lowest BCUT2D eigenvalue weighted by Crippen LogP contribution is -2.45. The molecule has 2 aromatic carbocycles. The number of hydrogen-bond donors (Lipinski definition) is 1. The number of carbonyl (C=O) groups excluding carboxylic acids is 3. The Labute approximate surface area is 367 Å². The van der Waals surface area contributed by atoms with Crippen LogP contribution in [0.4, 0.5) is 39.8 Å². The standard InChI is InChI=1S/C42H44ClF2N7O8S2/c1-20(21-13-12-16-47-33(21)52(38(54)59-41(5,6)7)39(55)60-42(8,9)10)51-17-18-57-31-27-30(48-36(62(11)56)49-34(27)51)29(45)26(28(31)43)22-14-15-24(44)32-25(22)23(19-46)35(61-32)50-37(53)58-40(2,3)4/h12-16,20H,17-18H2,1-11H3,(H,50,53)/t20-,62?/m1/s1. The SMILES string of the molecule is C[C@H](c1cccnc1N(C(=O)OC(C)(C)C)C(=O)OC(C)(C)C)N1CCOc2c(Cl)c(-c3ccc(F)c4sc(NC(=O)OC(C)(C)C)c(C#N)c34)c(F)c3nc(S(C)=O)nc1c23. The molecule has 0 bridgehead atoms. The molecule has 0 saturated carbocycles. The van der Waals surface area contributed by atoms with Crippen molar-refractivity contribution in [2.75, 3.05) is 34.5 Å². The molecule has 20 heteroatoms. The van der Waals surface area contributed by atoms with E-state index in [0.717, 1.165) is 17.4 Å². The fourth-order valence-electron chi connectivity index (χ4n) is 6.60. The third-order valence-electron chi connectivity index (χ3n) is 8.94. The number of nitrogens with zero attached hydrogens (tertiary/aromatic N) is 6. The van der Waals surface area contributed by atoms with Gasteiger partial charge in [0.2, 0.25) is 5.16 Å². The number of carbonyl (C=O) groups is 3. The Bertz CT molecular complexity index is 2690. The summed E-state index contributed by atoms with van der Waals surface area (Å²) in [7, 11) is -1.88. The summed E-state index contributed by atoms with van der Waals surface area (Å²) in [5.41, 5.74) is -3.46. The van der Waals surface area contributed by atoms with Crippen molar-refractivity contribution in [2.45, 2.75) is 97.2 Å². The Morgan fingerprint density at radius 3 is 2.21 bits per heavy atom. The zero-order chi connectivity index (χ0) is 45.8. The van der Waals surface area contributed by atoms with Crippen molar-refractivity contribution >= 4 is 89.6 Å². The highest BCUT2D eigenvalue weighted by Crippen LogP contribution is 2.51. The third-order valence-corrected chi connectivity index (χ3v) is 11.1. The monoisotopic (exact) mass is 911 g/mol. The molecule has 0 fully saturated rings. The van der Waals surface area contributed by atoms with Gasteiger partial charge in [0.1, 0.15) is 51.6 Å². The number of benzene rings is 2. The number of nitriles is 1. The molecule has 3 aromatic heterocycles. The number of ether oxygens (including phenoxy) is 4. The summed E-state index contributed by atoms with van der Waals surface area (Å²) in [6.07, 6.45) is -0.289. The Hall–Kier alpha value is -5.71. The molecule has 4 heterocycles. The molecule has 0 radical (unpaired) electrons. The fraction of sp³-hybridized carbons (Fsp3) is 0.405. The van der Waals surface area contributed by atoms with Crippen LogP contribution in [-0.4, -0.2) is 73.7 Å². The molecule has 1 aliphatic heterocycles. The van der Waals surface area contributed by atoms with Crippen LogP contribution in [0.5, 0.6) is 5.75 Å². The summed E-state index contributed by atoms with van der Waals surface area (Å²) in [5, 5.41) is 12.2. The van der Waals surface area contributed by atoms with Crippen molar-refractivity contribution in [3.8, 4) is 22.9 Å². The molecule has 6 rings (SSSR count). The molecule has 328 valence electrons. The highest BCUT2D eigenvalue weighted by atomic mass is 35.5. The van der Waals surface area contributed by atoms with Crippen LogP contribution in [-0.2, 0) is 25.0 Å². The van der Waals surface area contributed by atoms with Gasteiger partial charge in [0.25, 0.3) is 0 Å². The lowest BCUT2D eigenvalue weighted by atomic mass is 9.96. The molecule has 2 atom stereocenters. The Morgan fingerprint density at radius 1 is 1.00 bits per heavy atom. The van der Waals surface area contributed by atoms with Gasteiger partial charge in [-0.2, -0.15) is 10.2 Å². The Morgan fingerprint density at radius 2 is 1.63 bits per heavy atom. The minimum absolute atomic E-state index is 0.00663. The van der Waals surface area contributed by atoms with Crippen molar-refractivity contribution < 1.29 is 46.3 Å². The molecule has 0 spiro atoms. The van der Waals surface area contributed by atoms with E-state index in [4.69, 9.17) is 30.5 Å². The topological polar surface area (TPSA) is 186 Å². The molecular weight excluding hydrogens is 868 g/mol. The molecule has 5 aromatic rings. The first-order valence-corrected chi connectivity index (χ1v) is 21.9. The zero-order valence-corrected chi connectivity index (χ0v) is 38.2. The second-order valence-electron chi connectivity index (χ2n) is 17.1. The molecule has 1 unspecified atom stereocenters. The molecule has 1 N–H and O–H groups in total. The smallest absolute Gasteiger partial charge is 0.425 e. The van der Waals surface area contributed by atoms with Crippen molar-refractivity contribution in [3.05, 3.63) is 58.2 Å². The van der Waals surface area contributed by atoms with E-state index < -0.39 is 63.6 Å². The van der Waals surface area contributed by atoms with Crippen molar-refractivity contribution in [1.29, 1.82) is 5.26 Å². The molecule has 0 saturated heterocycles. The van der Waals surface area contributed by atoms with E-state index in [0.29, 0.717) is 10.5 Å². The largest absolute Gasteiger partial charge is 0.489 e. The van der Waals surface area contributed by atoms with Crippen LogP contribution in [0.2, 0.25) is 5.02 Å². The lowest BCUT2D eigenvalue weighted by Gasteiger charge is -2.33. The van der Waals surface area contributed by atoms with Crippen molar-refractivity contribution in [2.24, 2.45) is 0 Å². The van der Waals surface area contributed by atoms with Gasteiger partial charge in [0.15, 0.2) is 17.4 Å². The van der Waals surface area contributed by atoms with Crippen LogP contribution in [0.3, 0.4) is 0 Å². The van der Waals surface area contributed by atoms with Gasteiger partial charge < -0.3 is 23.8 Å². The van der Waals surface area contributed by atoms with Crippen molar-refractivity contribution in [3.63, 3.8) is 0 Å². The number of nitrogens with one attached hydrogen (secondary N) is 1. The highest BCUT2D eigenvalue weighted by molar-refractivity contribution is 7.84. The van der Waals surface area contributed by atoms with E-state index in [1.165, 1.54) is 18.5 Å². The molecular formula is C42H44ClF2N7O8S2. The lowest BCUT2D eigenvalue weighted by molar-refractivity contribution is 0.0427. The molecule has 0 aliphatic carbocycles. The van der Waals surface area contributed by atoms with Gasteiger partial charge in [0, 0.05) is 29.0 Å². The number of halogens is 3. The average Bonchev–Trinajstić information content (AvgIpc) is 3.39. The van der Waals surface area contributed by atoms with Gasteiger partial charge in [-0.1, -0.05) is 23.7 Å². The first kappa shape index (κ1) is 45.8. The van der Waals surface area contributed by atoms with Crippen LogP contribution >= 0.6 is 22.9 Å². The normalized spacial score (nSPS) is 14.0. The first-order chi connectivity index (χ1) is 28.8. The number of aromatic nitrogens is 3. The van der Waals surface area contributed by atoms with Crippen LogP contribution in [0.1, 0.15) is 86.4 Å². The number of imide groups is 1. The van der Waals surface area contributed by atoms with E-state index in [1.54, 1.807) is 86.3 Å². The predicted octanol–water partition coefficient (Wildman–Crippen LogP) is 10.4. The summed E-state index contributed by atoms with van der Waals surface area (Å²) >= 11 is 7.87. The Kier molecular flexibility index (Phi) is 12.5. The van der Waals surface area contributed by atoms with Gasteiger partial charge in [0.05, 0.1) is 44.1 Å². The van der Waals surface area contributed by atoms with Gasteiger partial charge >= 0.3 is 18.3 Å². The minimum atomic E-state index is -1.88. The first-order valence-electron chi connectivity index (χ1n) is 19.1. The molecule has 3 amide bonds. The number of amides is 3. The van der Waals surface area contributed by atoms with E-state index in [-0.39, 0.29) is 83.4 Å². The average molecular weight is 912 g/mol. The maximum atomic E-state index is 17.5. The van der Waals surface area contributed by atoms with Crippen LogP contribution in [0.15, 0.2) is 35.6 Å². The molecule has 1 aliphatic rings. The number of pyridine rings is 1. The van der Waals surface area contributed by atoms with Crippen LogP contribution in [0.25, 0.3) is 32.1 Å². The zero-order valence-electron chi connectivity index (χ0n) is 35.8. The van der Waals surface area contributed by atoms with Gasteiger partial charge in [-0.15, -0.1) is 11.3 Å².